The summed E-state index contributed by atoms with van der Waals surface area (Å²) in [7, 11) is 0. The number of ether oxygens (including phenoxy) is 1. The standard InChI is InChI=1S/C15H20N4O5/c1-2-5-16-6-7-17-14(20)9-18-12-8-11(19(22)23)3-4-13(12)24-10-15(18)21/h3-4,8,16H,2,5-7,9-10H2,1H3,(H,17,20). The Hall–Kier alpha value is -2.68. The molecule has 130 valence electrons. The first-order chi connectivity index (χ1) is 11.5. The summed E-state index contributed by atoms with van der Waals surface area (Å²) in [5, 5.41) is 16.8. The van der Waals surface area contributed by atoms with Crippen molar-refractivity contribution in [3.63, 3.8) is 0 Å². The largest absolute Gasteiger partial charge is 0.482 e. The van der Waals surface area contributed by atoms with Crippen molar-refractivity contribution >= 4 is 23.2 Å². The molecule has 0 aromatic heterocycles. The number of carbonyl (C=O) groups is 2. The van der Waals surface area contributed by atoms with Gasteiger partial charge in [-0.25, -0.2) is 0 Å². The average molecular weight is 336 g/mol. The number of fused-ring (bicyclic) bond motifs is 1. The molecule has 0 radical (unpaired) electrons. The number of non-ortho nitro benzene ring substituents is 1. The fourth-order valence-corrected chi connectivity index (χ4v) is 2.27. The third kappa shape index (κ3) is 4.42. The van der Waals surface area contributed by atoms with Crippen LogP contribution in [0, 0.1) is 10.1 Å². The minimum atomic E-state index is -0.559. The first-order valence-corrected chi connectivity index (χ1v) is 7.72. The fourth-order valence-electron chi connectivity index (χ4n) is 2.27. The highest BCUT2D eigenvalue weighted by Gasteiger charge is 2.29. The quantitative estimate of drug-likeness (QED) is 0.404. The number of nitrogens with one attached hydrogen (secondary N) is 2. The lowest BCUT2D eigenvalue weighted by Crippen LogP contribution is -2.46. The molecule has 9 heteroatoms. The van der Waals surface area contributed by atoms with Gasteiger partial charge in [0.05, 0.1) is 10.6 Å². The van der Waals surface area contributed by atoms with E-state index in [0.29, 0.717) is 18.8 Å². The van der Waals surface area contributed by atoms with Crippen LogP contribution in [0.3, 0.4) is 0 Å². The smallest absolute Gasteiger partial charge is 0.271 e. The van der Waals surface area contributed by atoms with Gasteiger partial charge < -0.3 is 15.4 Å². The summed E-state index contributed by atoms with van der Waals surface area (Å²) in [4.78, 5) is 35.6. The Morgan fingerprint density at radius 3 is 2.88 bits per heavy atom. The summed E-state index contributed by atoms with van der Waals surface area (Å²) in [5.41, 5.74) is 0.0703. The van der Waals surface area contributed by atoms with E-state index >= 15 is 0 Å². The number of hydrogen-bond acceptors (Lipinski definition) is 6. The second-order valence-electron chi connectivity index (χ2n) is 5.28. The maximum absolute atomic E-state index is 12.0. The zero-order valence-electron chi connectivity index (χ0n) is 13.4. The van der Waals surface area contributed by atoms with E-state index < -0.39 is 10.8 Å². The molecule has 1 aromatic rings. The number of anilines is 1. The number of carbonyl (C=O) groups excluding carboxylic acids is 2. The molecule has 24 heavy (non-hydrogen) atoms. The minimum Gasteiger partial charge on any atom is -0.482 e. The van der Waals surface area contributed by atoms with Crippen molar-refractivity contribution in [2.45, 2.75) is 13.3 Å². The van der Waals surface area contributed by atoms with E-state index in [4.69, 9.17) is 4.74 Å². The molecule has 1 aromatic carbocycles. The summed E-state index contributed by atoms with van der Waals surface area (Å²) in [5.74, 6) is -0.402. The van der Waals surface area contributed by atoms with Crippen LogP contribution in [0.1, 0.15) is 13.3 Å². The normalized spacial score (nSPS) is 13.2. The van der Waals surface area contributed by atoms with E-state index in [0.717, 1.165) is 13.0 Å². The summed E-state index contributed by atoms with van der Waals surface area (Å²) in [6.07, 6.45) is 1.01. The molecule has 0 unspecified atom stereocenters. The highest BCUT2D eigenvalue weighted by atomic mass is 16.6. The SMILES string of the molecule is CCCNCCNC(=O)CN1C(=O)COc2ccc([N+](=O)[O-])cc21. The average Bonchev–Trinajstić information content (AvgIpc) is 2.56. The first kappa shape index (κ1) is 17.7. The van der Waals surface area contributed by atoms with Gasteiger partial charge in [0.25, 0.3) is 11.6 Å². The molecule has 1 aliphatic heterocycles. The number of amides is 2. The van der Waals surface area contributed by atoms with Crippen molar-refractivity contribution in [1.82, 2.24) is 10.6 Å². The van der Waals surface area contributed by atoms with Gasteiger partial charge in [-0.3, -0.25) is 24.6 Å². The number of rotatable bonds is 8. The van der Waals surface area contributed by atoms with Gasteiger partial charge in [-0.2, -0.15) is 0 Å². The Labute approximate surface area is 139 Å². The number of nitro groups is 1. The molecule has 2 amide bonds. The molecule has 9 nitrogen and oxygen atoms in total. The fraction of sp³-hybridized carbons (Fsp3) is 0.467. The number of benzene rings is 1. The monoisotopic (exact) mass is 336 g/mol. The van der Waals surface area contributed by atoms with Gasteiger partial charge in [0.15, 0.2) is 6.61 Å². The van der Waals surface area contributed by atoms with Crippen molar-refractivity contribution < 1.29 is 19.2 Å². The molecule has 1 heterocycles. The lowest BCUT2D eigenvalue weighted by molar-refractivity contribution is -0.384. The highest BCUT2D eigenvalue weighted by molar-refractivity contribution is 6.02. The molecule has 0 saturated carbocycles. The van der Waals surface area contributed by atoms with Crippen LogP contribution in [-0.4, -0.2) is 49.5 Å². The van der Waals surface area contributed by atoms with Crippen LogP contribution in [0.15, 0.2) is 18.2 Å². The van der Waals surface area contributed by atoms with Crippen LogP contribution in [0.4, 0.5) is 11.4 Å². The summed E-state index contributed by atoms with van der Waals surface area (Å²) >= 11 is 0. The van der Waals surface area contributed by atoms with Gasteiger partial charge in [0, 0.05) is 25.2 Å². The maximum atomic E-state index is 12.0. The number of nitro benzene ring substituents is 1. The van der Waals surface area contributed by atoms with Crippen molar-refractivity contribution in [1.29, 1.82) is 0 Å². The summed E-state index contributed by atoms with van der Waals surface area (Å²) in [6.45, 7) is 3.60. The predicted molar refractivity (Wildman–Crippen MR) is 87.1 cm³/mol. The Balaban J connectivity index is 2.02. The topological polar surface area (TPSA) is 114 Å². The molecule has 0 atom stereocenters. The third-order valence-electron chi connectivity index (χ3n) is 3.45. The summed E-state index contributed by atoms with van der Waals surface area (Å²) in [6, 6.07) is 3.97. The van der Waals surface area contributed by atoms with Gasteiger partial charge in [0.1, 0.15) is 12.3 Å². The van der Waals surface area contributed by atoms with Gasteiger partial charge in [-0.1, -0.05) is 6.92 Å². The molecule has 1 aliphatic rings. The van der Waals surface area contributed by atoms with Gasteiger partial charge in [0.2, 0.25) is 5.91 Å². The van der Waals surface area contributed by atoms with Crippen molar-refractivity contribution in [2.24, 2.45) is 0 Å². The predicted octanol–water partition coefficient (Wildman–Crippen LogP) is 0.436. The van der Waals surface area contributed by atoms with E-state index in [-0.39, 0.29) is 30.4 Å². The van der Waals surface area contributed by atoms with Crippen LogP contribution in [0.25, 0.3) is 0 Å². The van der Waals surface area contributed by atoms with Crippen LogP contribution >= 0.6 is 0 Å². The summed E-state index contributed by atoms with van der Waals surface area (Å²) < 4.78 is 5.25. The molecule has 0 fully saturated rings. The first-order valence-electron chi connectivity index (χ1n) is 7.72. The lowest BCUT2D eigenvalue weighted by Gasteiger charge is -2.28. The van der Waals surface area contributed by atoms with Crippen LogP contribution in [0.2, 0.25) is 0 Å². The molecular formula is C15H20N4O5. The molecule has 2 rings (SSSR count). The van der Waals surface area contributed by atoms with Gasteiger partial charge in [-0.05, 0) is 19.0 Å². The molecule has 2 N–H and O–H groups in total. The van der Waals surface area contributed by atoms with Crippen LogP contribution < -0.4 is 20.3 Å². The van der Waals surface area contributed by atoms with Gasteiger partial charge in [-0.15, -0.1) is 0 Å². The molecule has 0 spiro atoms. The van der Waals surface area contributed by atoms with E-state index in [1.807, 2.05) is 6.92 Å². The van der Waals surface area contributed by atoms with Crippen LogP contribution in [-0.2, 0) is 9.59 Å². The van der Waals surface area contributed by atoms with E-state index in [1.54, 1.807) is 0 Å². The van der Waals surface area contributed by atoms with E-state index in [9.17, 15) is 19.7 Å². The third-order valence-corrected chi connectivity index (χ3v) is 3.45. The molecular weight excluding hydrogens is 316 g/mol. The lowest BCUT2D eigenvalue weighted by atomic mass is 10.2. The second-order valence-corrected chi connectivity index (χ2v) is 5.28. The Morgan fingerprint density at radius 1 is 1.38 bits per heavy atom. The highest BCUT2D eigenvalue weighted by Crippen LogP contribution is 2.34. The maximum Gasteiger partial charge on any atom is 0.271 e. The Morgan fingerprint density at radius 2 is 2.17 bits per heavy atom. The molecule has 0 bridgehead atoms. The zero-order chi connectivity index (χ0) is 17.5. The Bertz CT molecular complexity index is 634. The molecule has 0 aliphatic carbocycles. The second kappa shape index (κ2) is 8.25. The minimum absolute atomic E-state index is 0.166. The zero-order valence-corrected chi connectivity index (χ0v) is 13.4. The molecule has 0 saturated heterocycles. The van der Waals surface area contributed by atoms with Crippen molar-refractivity contribution in [3.05, 3.63) is 28.3 Å². The van der Waals surface area contributed by atoms with E-state index in [2.05, 4.69) is 10.6 Å². The Kier molecular flexibility index (Phi) is 6.07. The van der Waals surface area contributed by atoms with E-state index in [1.165, 1.54) is 23.1 Å². The van der Waals surface area contributed by atoms with Gasteiger partial charge >= 0.3 is 0 Å². The van der Waals surface area contributed by atoms with Crippen LogP contribution in [0.5, 0.6) is 5.75 Å². The number of nitrogens with zero attached hydrogens (tertiary/aromatic N) is 2. The van der Waals surface area contributed by atoms with Crippen molar-refractivity contribution in [2.75, 3.05) is 37.7 Å². The van der Waals surface area contributed by atoms with Crippen molar-refractivity contribution in [3.8, 4) is 5.75 Å². The number of hydrogen-bond donors (Lipinski definition) is 2.